The highest BCUT2D eigenvalue weighted by molar-refractivity contribution is 6.07. The number of carbonyl (C=O) groups is 2. The van der Waals surface area contributed by atoms with E-state index in [-0.39, 0.29) is 18.4 Å². The van der Waals surface area contributed by atoms with Gasteiger partial charge in [0.05, 0.1) is 25.5 Å². The molecular formula is C19H20N6O4. The van der Waals surface area contributed by atoms with Gasteiger partial charge < -0.3 is 20.1 Å². The molecular weight excluding hydrogens is 376 g/mol. The van der Waals surface area contributed by atoms with Gasteiger partial charge in [-0.1, -0.05) is 12.1 Å². The molecule has 0 aliphatic heterocycles. The Morgan fingerprint density at radius 1 is 1.03 bits per heavy atom. The topological polar surface area (TPSA) is 120 Å². The first-order valence-corrected chi connectivity index (χ1v) is 8.62. The molecule has 0 atom stereocenters. The fraction of sp³-hybridized carbons (Fsp3) is 0.211. The molecule has 1 heterocycles. The Bertz CT molecular complexity index is 1020. The standard InChI is InChI=1S/C19H20N6O4/c1-25-23-18(22-24-25)12-4-6-13(7-5-12)19(27)21-16-10-14(29-3)8-9-15(16)20-17(26)11-28-2/h4-10H,11H2,1-3H3,(H,20,26)(H,21,27). The molecule has 1 aromatic heterocycles. The Balaban J connectivity index is 1.79. The van der Waals surface area contributed by atoms with E-state index in [2.05, 4.69) is 26.0 Å². The van der Waals surface area contributed by atoms with E-state index in [1.54, 1.807) is 49.5 Å². The first-order chi connectivity index (χ1) is 14.0. The van der Waals surface area contributed by atoms with Crippen molar-refractivity contribution in [3.63, 3.8) is 0 Å². The first kappa shape index (κ1) is 20.0. The van der Waals surface area contributed by atoms with Gasteiger partial charge in [-0.25, -0.2) is 0 Å². The lowest BCUT2D eigenvalue weighted by Crippen LogP contribution is -2.19. The second-order valence-electron chi connectivity index (χ2n) is 6.03. The lowest BCUT2D eigenvalue weighted by molar-refractivity contribution is -0.119. The molecule has 2 amide bonds. The molecule has 10 nitrogen and oxygen atoms in total. The number of benzene rings is 2. The Morgan fingerprint density at radius 2 is 1.79 bits per heavy atom. The average Bonchev–Trinajstić information content (AvgIpc) is 3.16. The van der Waals surface area contributed by atoms with Gasteiger partial charge in [0.1, 0.15) is 12.4 Å². The normalized spacial score (nSPS) is 10.4. The van der Waals surface area contributed by atoms with Gasteiger partial charge in [-0.15, -0.1) is 10.2 Å². The number of carbonyl (C=O) groups excluding carboxylic acids is 2. The van der Waals surface area contributed by atoms with E-state index in [0.717, 1.165) is 5.56 Å². The minimum absolute atomic E-state index is 0.0999. The second-order valence-corrected chi connectivity index (χ2v) is 6.03. The summed E-state index contributed by atoms with van der Waals surface area (Å²) in [4.78, 5) is 25.9. The number of amides is 2. The highest BCUT2D eigenvalue weighted by Crippen LogP contribution is 2.28. The van der Waals surface area contributed by atoms with E-state index in [9.17, 15) is 9.59 Å². The molecule has 29 heavy (non-hydrogen) atoms. The van der Waals surface area contributed by atoms with Crippen molar-refractivity contribution in [2.24, 2.45) is 7.05 Å². The number of nitrogens with one attached hydrogen (secondary N) is 2. The van der Waals surface area contributed by atoms with E-state index < -0.39 is 0 Å². The van der Waals surface area contributed by atoms with Crippen LogP contribution in [0.3, 0.4) is 0 Å². The quantitative estimate of drug-likeness (QED) is 0.624. The lowest BCUT2D eigenvalue weighted by Gasteiger charge is -2.14. The molecule has 0 bridgehead atoms. The molecule has 0 saturated heterocycles. The Morgan fingerprint density at radius 3 is 2.41 bits per heavy atom. The molecule has 0 saturated carbocycles. The molecule has 0 aliphatic rings. The third-order valence-electron chi connectivity index (χ3n) is 3.94. The smallest absolute Gasteiger partial charge is 0.255 e. The van der Waals surface area contributed by atoms with Crippen molar-refractivity contribution >= 4 is 23.2 Å². The molecule has 0 fully saturated rings. The summed E-state index contributed by atoms with van der Waals surface area (Å²) < 4.78 is 10.0. The van der Waals surface area contributed by atoms with E-state index in [1.807, 2.05) is 0 Å². The predicted octanol–water partition coefficient (Wildman–Crippen LogP) is 1.72. The zero-order valence-electron chi connectivity index (χ0n) is 16.2. The lowest BCUT2D eigenvalue weighted by atomic mass is 10.1. The van der Waals surface area contributed by atoms with Crippen molar-refractivity contribution in [3.8, 4) is 17.1 Å². The van der Waals surface area contributed by atoms with Crippen molar-refractivity contribution < 1.29 is 19.1 Å². The third-order valence-corrected chi connectivity index (χ3v) is 3.94. The Kier molecular flexibility index (Phi) is 6.15. The van der Waals surface area contributed by atoms with Gasteiger partial charge in [0, 0.05) is 24.3 Å². The van der Waals surface area contributed by atoms with Crippen LogP contribution in [0, 0.1) is 0 Å². The molecule has 10 heteroatoms. The summed E-state index contributed by atoms with van der Waals surface area (Å²) in [5.74, 6) is 0.317. The number of tetrazole rings is 1. The van der Waals surface area contributed by atoms with E-state index in [0.29, 0.717) is 28.5 Å². The maximum absolute atomic E-state index is 12.7. The second kappa shape index (κ2) is 8.93. The Hall–Kier alpha value is -3.79. The fourth-order valence-electron chi connectivity index (χ4n) is 2.54. The fourth-order valence-corrected chi connectivity index (χ4v) is 2.54. The van der Waals surface area contributed by atoms with Gasteiger partial charge >= 0.3 is 0 Å². The molecule has 0 aliphatic carbocycles. The molecule has 2 N–H and O–H groups in total. The van der Waals surface area contributed by atoms with E-state index >= 15 is 0 Å². The number of aromatic nitrogens is 4. The number of hydrogen-bond acceptors (Lipinski definition) is 7. The largest absolute Gasteiger partial charge is 0.497 e. The molecule has 3 aromatic rings. The molecule has 2 aromatic carbocycles. The average molecular weight is 396 g/mol. The van der Waals surface area contributed by atoms with Crippen LogP contribution in [0.25, 0.3) is 11.4 Å². The van der Waals surface area contributed by atoms with Crippen molar-refractivity contribution in [2.75, 3.05) is 31.5 Å². The van der Waals surface area contributed by atoms with Gasteiger partial charge in [0.2, 0.25) is 11.7 Å². The predicted molar refractivity (Wildman–Crippen MR) is 106 cm³/mol. The van der Waals surface area contributed by atoms with Crippen molar-refractivity contribution in [2.45, 2.75) is 0 Å². The van der Waals surface area contributed by atoms with Crippen molar-refractivity contribution in [3.05, 3.63) is 48.0 Å². The summed E-state index contributed by atoms with van der Waals surface area (Å²) in [6, 6.07) is 11.7. The van der Waals surface area contributed by atoms with Crippen molar-refractivity contribution in [1.82, 2.24) is 20.2 Å². The molecule has 150 valence electrons. The van der Waals surface area contributed by atoms with Gasteiger partial charge in [-0.2, -0.15) is 4.80 Å². The van der Waals surface area contributed by atoms with Gasteiger partial charge in [0.25, 0.3) is 5.91 Å². The summed E-state index contributed by atoms with van der Waals surface area (Å²) in [6.45, 7) is -0.0999. The SMILES string of the molecule is COCC(=O)Nc1ccc(OC)cc1NC(=O)c1ccc(-c2nnn(C)n2)cc1. The minimum Gasteiger partial charge on any atom is -0.497 e. The zero-order chi connectivity index (χ0) is 20.8. The molecule has 3 rings (SSSR count). The number of rotatable bonds is 7. The summed E-state index contributed by atoms with van der Waals surface area (Å²) in [6.07, 6.45) is 0. The monoisotopic (exact) mass is 396 g/mol. The molecule has 0 spiro atoms. The van der Waals surface area contributed by atoms with Crippen LogP contribution >= 0.6 is 0 Å². The maximum atomic E-state index is 12.7. The number of hydrogen-bond donors (Lipinski definition) is 2. The highest BCUT2D eigenvalue weighted by atomic mass is 16.5. The van der Waals surface area contributed by atoms with Gasteiger partial charge in [-0.3, -0.25) is 9.59 Å². The summed E-state index contributed by atoms with van der Waals surface area (Å²) in [7, 11) is 4.62. The van der Waals surface area contributed by atoms with Crippen LogP contribution in [0.4, 0.5) is 11.4 Å². The highest BCUT2D eigenvalue weighted by Gasteiger charge is 2.13. The summed E-state index contributed by atoms with van der Waals surface area (Å²) in [5, 5.41) is 17.3. The van der Waals surface area contributed by atoms with Crippen LogP contribution in [0.1, 0.15) is 10.4 Å². The summed E-state index contributed by atoms with van der Waals surface area (Å²) >= 11 is 0. The number of ether oxygens (including phenoxy) is 2. The van der Waals surface area contributed by atoms with Crippen LogP contribution in [-0.2, 0) is 16.6 Å². The number of nitrogens with zero attached hydrogens (tertiary/aromatic N) is 4. The number of anilines is 2. The van der Waals surface area contributed by atoms with Crippen LogP contribution in [0.15, 0.2) is 42.5 Å². The van der Waals surface area contributed by atoms with Gasteiger partial charge in [0.15, 0.2) is 0 Å². The number of methoxy groups -OCH3 is 2. The van der Waals surface area contributed by atoms with Crippen molar-refractivity contribution in [1.29, 1.82) is 0 Å². The van der Waals surface area contributed by atoms with Crippen LogP contribution in [0.5, 0.6) is 5.75 Å². The van der Waals surface area contributed by atoms with E-state index in [1.165, 1.54) is 19.0 Å². The van der Waals surface area contributed by atoms with Gasteiger partial charge in [-0.05, 0) is 29.5 Å². The third kappa shape index (κ3) is 4.93. The minimum atomic E-state index is -0.348. The number of aryl methyl sites for hydroxylation is 1. The Labute approximate surface area is 166 Å². The van der Waals surface area contributed by atoms with Crippen LogP contribution in [-0.4, -0.2) is 52.8 Å². The van der Waals surface area contributed by atoms with Crippen LogP contribution in [0.2, 0.25) is 0 Å². The zero-order valence-corrected chi connectivity index (χ0v) is 16.2. The molecule has 0 unspecified atom stereocenters. The molecule has 0 radical (unpaired) electrons. The maximum Gasteiger partial charge on any atom is 0.255 e. The summed E-state index contributed by atoms with van der Waals surface area (Å²) in [5.41, 5.74) is 2.00. The first-order valence-electron chi connectivity index (χ1n) is 8.62. The van der Waals surface area contributed by atoms with Crippen LogP contribution < -0.4 is 15.4 Å². The van der Waals surface area contributed by atoms with E-state index in [4.69, 9.17) is 9.47 Å².